The van der Waals surface area contributed by atoms with Crippen LogP contribution in [0.25, 0.3) is 0 Å². The highest BCUT2D eigenvalue weighted by Gasteiger charge is 2.33. The Balaban J connectivity index is 2.20. The first-order valence-electron chi connectivity index (χ1n) is 7.21. The zero-order valence-corrected chi connectivity index (χ0v) is 12.6. The summed E-state index contributed by atoms with van der Waals surface area (Å²) in [5.41, 5.74) is 0.161. The minimum atomic E-state index is 0.161. The molecule has 1 saturated heterocycles. The molecule has 1 N–H and O–H groups in total. The van der Waals surface area contributed by atoms with Crippen molar-refractivity contribution < 1.29 is 4.74 Å². The van der Waals surface area contributed by atoms with Gasteiger partial charge in [0.15, 0.2) is 0 Å². The van der Waals surface area contributed by atoms with Crippen LogP contribution in [-0.4, -0.2) is 36.3 Å². The third kappa shape index (κ3) is 5.19. The molecule has 0 spiro atoms. The average molecular weight is 259 g/mol. The van der Waals surface area contributed by atoms with Crippen LogP contribution in [0.5, 0.6) is 0 Å². The Hall–Kier alpha value is 0.270. The van der Waals surface area contributed by atoms with Crippen molar-refractivity contribution in [3.05, 3.63) is 0 Å². The molecule has 3 heteroatoms. The highest BCUT2D eigenvalue weighted by Crippen LogP contribution is 2.31. The van der Waals surface area contributed by atoms with Gasteiger partial charge in [0.2, 0.25) is 0 Å². The van der Waals surface area contributed by atoms with Gasteiger partial charge in [0, 0.05) is 12.6 Å². The molecule has 0 bridgehead atoms. The van der Waals surface area contributed by atoms with E-state index in [2.05, 4.69) is 26.1 Å². The molecule has 0 aliphatic carbocycles. The average Bonchev–Trinajstić information content (AvgIpc) is 2.39. The Labute approximate surface area is 111 Å². The second-order valence-corrected chi connectivity index (χ2v) is 6.33. The standard InChI is InChI=1S/C14H29NOS/c1-4-14(5-2)12-13(8-10-16-14)15-9-7-11-17-6-3/h13,15H,4-12H2,1-3H3. The molecule has 1 fully saturated rings. The third-order valence-electron chi connectivity index (χ3n) is 3.88. The summed E-state index contributed by atoms with van der Waals surface area (Å²) in [6.07, 6.45) is 5.96. The van der Waals surface area contributed by atoms with E-state index in [9.17, 15) is 0 Å². The summed E-state index contributed by atoms with van der Waals surface area (Å²) in [4.78, 5) is 0. The Morgan fingerprint density at radius 1 is 1.29 bits per heavy atom. The van der Waals surface area contributed by atoms with E-state index in [4.69, 9.17) is 4.74 Å². The number of hydrogen-bond acceptors (Lipinski definition) is 3. The summed E-state index contributed by atoms with van der Waals surface area (Å²) < 4.78 is 5.99. The van der Waals surface area contributed by atoms with Crippen molar-refractivity contribution in [1.29, 1.82) is 0 Å². The Bertz CT molecular complexity index is 195. The van der Waals surface area contributed by atoms with Crippen LogP contribution in [-0.2, 0) is 4.74 Å². The monoisotopic (exact) mass is 259 g/mol. The first-order valence-corrected chi connectivity index (χ1v) is 8.37. The van der Waals surface area contributed by atoms with Crippen LogP contribution < -0.4 is 5.32 Å². The van der Waals surface area contributed by atoms with Crippen molar-refractivity contribution in [2.24, 2.45) is 0 Å². The van der Waals surface area contributed by atoms with E-state index in [0.29, 0.717) is 6.04 Å². The molecule has 1 atom stereocenters. The molecule has 1 aliphatic heterocycles. The maximum Gasteiger partial charge on any atom is 0.0692 e. The Morgan fingerprint density at radius 3 is 2.71 bits per heavy atom. The topological polar surface area (TPSA) is 21.3 Å². The summed E-state index contributed by atoms with van der Waals surface area (Å²) in [7, 11) is 0. The molecule has 102 valence electrons. The molecule has 0 amide bonds. The molecule has 1 aliphatic rings. The Morgan fingerprint density at radius 2 is 2.06 bits per heavy atom. The minimum Gasteiger partial charge on any atom is -0.375 e. The molecule has 1 rings (SSSR count). The van der Waals surface area contributed by atoms with Gasteiger partial charge in [-0.05, 0) is 50.2 Å². The Kier molecular flexibility index (Phi) is 7.56. The fourth-order valence-electron chi connectivity index (χ4n) is 2.57. The first-order chi connectivity index (χ1) is 8.26. The van der Waals surface area contributed by atoms with Gasteiger partial charge in [0.25, 0.3) is 0 Å². The van der Waals surface area contributed by atoms with Crippen molar-refractivity contribution in [3.8, 4) is 0 Å². The lowest BCUT2D eigenvalue weighted by atomic mass is 9.86. The van der Waals surface area contributed by atoms with Crippen molar-refractivity contribution in [2.45, 2.75) is 64.5 Å². The van der Waals surface area contributed by atoms with E-state index in [1.165, 1.54) is 37.3 Å². The van der Waals surface area contributed by atoms with Gasteiger partial charge in [-0.2, -0.15) is 11.8 Å². The maximum atomic E-state index is 5.99. The van der Waals surface area contributed by atoms with Gasteiger partial charge in [-0.25, -0.2) is 0 Å². The molecule has 0 aromatic rings. The largest absolute Gasteiger partial charge is 0.375 e. The number of ether oxygens (including phenoxy) is 1. The number of hydrogen-bond donors (Lipinski definition) is 1. The quantitative estimate of drug-likeness (QED) is 0.675. The van der Waals surface area contributed by atoms with Crippen LogP contribution in [0.15, 0.2) is 0 Å². The highest BCUT2D eigenvalue weighted by atomic mass is 32.2. The summed E-state index contributed by atoms with van der Waals surface area (Å²) >= 11 is 2.04. The van der Waals surface area contributed by atoms with Gasteiger partial charge in [-0.1, -0.05) is 20.8 Å². The summed E-state index contributed by atoms with van der Waals surface area (Å²) in [6.45, 7) is 8.84. The number of rotatable bonds is 8. The maximum absolute atomic E-state index is 5.99. The van der Waals surface area contributed by atoms with E-state index in [1.807, 2.05) is 11.8 Å². The zero-order chi connectivity index (χ0) is 12.6. The summed E-state index contributed by atoms with van der Waals surface area (Å²) in [5, 5.41) is 3.71. The molecule has 0 saturated carbocycles. The lowest BCUT2D eigenvalue weighted by Gasteiger charge is -2.40. The molecule has 2 nitrogen and oxygen atoms in total. The zero-order valence-electron chi connectivity index (χ0n) is 11.8. The number of nitrogens with one attached hydrogen (secondary N) is 1. The van der Waals surface area contributed by atoms with E-state index in [1.54, 1.807) is 0 Å². The third-order valence-corrected chi connectivity index (χ3v) is 4.87. The van der Waals surface area contributed by atoms with E-state index >= 15 is 0 Å². The normalized spacial score (nSPS) is 23.8. The summed E-state index contributed by atoms with van der Waals surface area (Å²) in [6, 6.07) is 0.676. The fourth-order valence-corrected chi connectivity index (χ4v) is 3.21. The summed E-state index contributed by atoms with van der Waals surface area (Å²) in [5.74, 6) is 2.53. The van der Waals surface area contributed by atoms with E-state index < -0.39 is 0 Å². The van der Waals surface area contributed by atoms with Gasteiger partial charge < -0.3 is 10.1 Å². The second kappa shape index (κ2) is 8.39. The molecule has 0 aromatic carbocycles. The first kappa shape index (κ1) is 15.3. The van der Waals surface area contributed by atoms with Gasteiger partial charge in [-0.3, -0.25) is 0 Å². The second-order valence-electron chi connectivity index (χ2n) is 4.93. The lowest BCUT2D eigenvalue weighted by molar-refractivity contribution is -0.0929. The predicted molar refractivity (Wildman–Crippen MR) is 77.9 cm³/mol. The highest BCUT2D eigenvalue weighted by molar-refractivity contribution is 7.99. The van der Waals surface area contributed by atoms with Crippen LogP contribution in [0, 0.1) is 0 Å². The predicted octanol–water partition coefficient (Wildman–Crippen LogP) is 3.46. The van der Waals surface area contributed by atoms with Crippen molar-refractivity contribution in [3.63, 3.8) is 0 Å². The van der Waals surface area contributed by atoms with Crippen molar-refractivity contribution in [2.75, 3.05) is 24.7 Å². The molecule has 1 heterocycles. The molecular weight excluding hydrogens is 230 g/mol. The van der Waals surface area contributed by atoms with Crippen molar-refractivity contribution in [1.82, 2.24) is 5.32 Å². The molecule has 0 aromatic heterocycles. The van der Waals surface area contributed by atoms with Gasteiger partial charge in [0.1, 0.15) is 0 Å². The smallest absolute Gasteiger partial charge is 0.0692 e. The van der Waals surface area contributed by atoms with Crippen molar-refractivity contribution >= 4 is 11.8 Å². The minimum absolute atomic E-state index is 0.161. The van der Waals surface area contributed by atoms with Crippen LogP contribution in [0.2, 0.25) is 0 Å². The van der Waals surface area contributed by atoms with E-state index in [-0.39, 0.29) is 5.60 Å². The molecule has 1 unspecified atom stereocenters. The van der Waals surface area contributed by atoms with Crippen LogP contribution in [0.4, 0.5) is 0 Å². The SMILES string of the molecule is CCSCCCNC1CCOC(CC)(CC)C1. The van der Waals surface area contributed by atoms with Gasteiger partial charge >= 0.3 is 0 Å². The van der Waals surface area contributed by atoms with Crippen LogP contribution >= 0.6 is 11.8 Å². The van der Waals surface area contributed by atoms with Crippen LogP contribution in [0.1, 0.15) is 52.9 Å². The fraction of sp³-hybridized carbons (Fsp3) is 1.00. The van der Waals surface area contributed by atoms with Crippen LogP contribution in [0.3, 0.4) is 0 Å². The molecular formula is C14H29NOS. The molecule has 0 radical (unpaired) electrons. The molecule has 17 heavy (non-hydrogen) atoms. The van der Waals surface area contributed by atoms with Gasteiger partial charge in [-0.15, -0.1) is 0 Å². The van der Waals surface area contributed by atoms with Gasteiger partial charge in [0.05, 0.1) is 5.60 Å². The lowest BCUT2D eigenvalue weighted by Crippen LogP contribution is -2.46. The van der Waals surface area contributed by atoms with E-state index in [0.717, 1.165) is 19.4 Å². The number of thioether (sulfide) groups is 1.